The van der Waals surface area contributed by atoms with E-state index in [4.69, 9.17) is 11.6 Å². The summed E-state index contributed by atoms with van der Waals surface area (Å²) in [7, 11) is 0. The molecule has 0 unspecified atom stereocenters. The molecule has 0 spiro atoms. The van der Waals surface area contributed by atoms with Crippen LogP contribution in [0.15, 0.2) is 24.5 Å². The molecule has 1 aromatic carbocycles. The molecule has 0 radical (unpaired) electrons. The lowest BCUT2D eigenvalue weighted by atomic mass is 10.3. The second-order valence-corrected chi connectivity index (χ2v) is 3.95. The largest absolute Gasteiger partial charge is 0.199 e. The average molecular weight is 306 g/mol. The molecule has 66 valence electrons. The highest BCUT2D eigenvalue weighted by molar-refractivity contribution is 14.1. The van der Waals surface area contributed by atoms with E-state index < -0.39 is 0 Å². The molecule has 0 fully saturated rings. The molecule has 1 heterocycles. The fourth-order valence-electron chi connectivity index (χ4n) is 0.933. The molecule has 0 saturated carbocycles. The Morgan fingerprint density at radius 3 is 2.92 bits per heavy atom. The van der Waals surface area contributed by atoms with Gasteiger partial charge in [0.2, 0.25) is 0 Å². The Balaban J connectivity index is 2.57. The van der Waals surface area contributed by atoms with E-state index >= 15 is 0 Å². The van der Waals surface area contributed by atoms with Crippen molar-refractivity contribution < 1.29 is 0 Å². The maximum absolute atomic E-state index is 5.85. The first-order valence-corrected chi connectivity index (χ1v) is 4.91. The fraction of sp³-hybridized carbons (Fsp3) is 0. The van der Waals surface area contributed by atoms with Crippen LogP contribution in [-0.4, -0.2) is 20.2 Å². The molecule has 13 heavy (non-hydrogen) atoms. The average Bonchev–Trinajstić information content (AvgIpc) is 2.61. The minimum absolute atomic E-state index is 0.672. The first-order chi connectivity index (χ1) is 6.27. The summed E-state index contributed by atoms with van der Waals surface area (Å²) >= 11 is 8.05. The Labute approximate surface area is 93.0 Å². The van der Waals surface area contributed by atoms with E-state index in [0.29, 0.717) is 5.02 Å². The van der Waals surface area contributed by atoms with Crippen molar-refractivity contribution in [3.63, 3.8) is 0 Å². The summed E-state index contributed by atoms with van der Waals surface area (Å²) in [4.78, 5) is 0. The minimum Gasteiger partial charge on any atom is -0.199 e. The second-order valence-electron chi connectivity index (χ2n) is 2.35. The van der Waals surface area contributed by atoms with E-state index in [1.807, 2.05) is 18.2 Å². The summed E-state index contributed by atoms with van der Waals surface area (Å²) in [5, 5.41) is 11.6. The molecule has 1 aromatic heterocycles. The fourth-order valence-corrected chi connectivity index (χ4v) is 1.68. The van der Waals surface area contributed by atoms with Gasteiger partial charge in [0.1, 0.15) is 6.33 Å². The second kappa shape index (κ2) is 3.59. The van der Waals surface area contributed by atoms with Crippen LogP contribution in [0.5, 0.6) is 0 Å². The van der Waals surface area contributed by atoms with E-state index in [1.54, 1.807) is 4.68 Å². The number of hydrogen-bond acceptors (Lipinski definition) is 3. The number of hydrogen-bond donors (Lipinski definition) is 0. The van der Waals surface area contributed by atoms with Crippen molar-refractivity contribution in [2.24, 2.45) is 0 Å². The van der Waals surface area contributed by atoms with Crippen LogP contribution in [-0.2, 0) is 0 Å². The van der Waals surface area contributed by atoms with Crippen molar-refractivity contribution in [3.05, 3.63) is 33.1 Å². The van der Waals surface area contributed by atoms with Gasteiger partial charge in [-0.15, -0.1) is 5.10 Å². The maximum Gasteiger partial charge on any atom is 0.143 e. The van der Waals surface area contributed by atoms with E-state index in [-0.39, 0.29) is 0 Å². The summed E-state index contributed by atoms with van der Waals surface area (Å²) < 4.78 is 2.63. The van der Waals surface area contributed by atoms with Crippen molar-refractivity contribution in [3.8, 4) is 5.69 Å². The van der Waals surface area contributed by atoms with Crippen LogP contribution < -0.4 is 0 Å². The van der Waals surface area contributed by atoms with Crippen LogP contribution in [0.3, 0.4) is 0 Å². The van der Waals surface area contributed by atoms with E-state index in [9.17, 15) is 0 Å². The molecule has 0 aliphatic carbocycles. The smallest absolute Gasteiger partial charge is 0.143 e. The van der Waals surface area contributed by atoms with Gasteiger partial charge in [-0.2, -0.15) is 4.68 Å². The van der Waals surface area contributed by atoms with E-state index in [1.165, 1.54) is 6.33 Å². The van der Waals surface area contributed by atoms with Gasteiger partial charge in [-0.05, 0) is 51.2 Å². The lowest BCUT2D eigenvalue weighted by Gasteiger charge is -2.02. The molecule has 2 rings (SSSR count). The molecular formula is C7H4ClIN4. The number of nitrogens with zero attached hydrogens (tertiary/aromatic N) is 4. The summed E-state index contributed by atoms with van der Waals surface area (Å²) in [6.45, 7) is 0. The van der Waals surface area contributed by atoms with Gasteiger partial charge in [-0.3, -0.25) is 0 Å². The van der Waals surface area contributed by atoms with Gasteiger partial charge >= 0.3 is 0 Å². The lowest BCUT2D eigenvalue weighted by molar-refractivity contribution is 0.786. The Hall–Kier alpha value is -0.690. The Morgan fingerprint density at radius 2 is 2.23 bits per heavy atom. The molecule has 0 saturated heterocycles. The highest BCUT2D eigenvalue weighted by atomic mass is 127. The molecule has 4 nitrogen and oxygen atoms in total. The third kappa shape index (κ3) is 1.80. The molecule has 0 amide bonds. The summed E-state index contributed by atoms with van der Waals surface area (Å²) in [6, 6.07) is 5.57. The normalized spacial score (nSPS) is 10.3. The quantitative estimate of drug-likeness (QED) is 0.756. The van der Waals surface area contributed by atoms with Gasteiger partial charge in [0.25, 0.3) is 0 Å². The van der Waals surface area contributed by atoms with Crippen molar-refractivity contribution in [1.29, 1.82) is 0 Å². The van der Waals surface area contributed by atoms with Crippen molar-refractivity contribution in [1.82, 2.24) is 20.2 Å². The zero-order valence-electron chi connectivity index (χ0n) is 6.35. The van der Waals surface area contributed by atoms with Gasteiger partial charge in [0.15, 0.2) is 0 Å². The topological polar surface area (TPSA) is 43.6 Å². The SMILES string of the molecule is Clc1ccc(I)c(-n2cnnn2)c1. The number of aromatic nitrogens is 4. The molecule has 0 bridgehead atoms. The molecule has 0 atom stereocenters. The van der Waals surface area contributed by atoms with Crippen LogP contribution >= 0.6 is 34.2 Å². The van der Waals surface area contributed by atoms with E-state index in [2.05, 4.69) is 38.1 Å². The lowest BCUT2D eigenvalue weighted by Crippen LogP contribution is -1.97. The third-order valence-corrected chi connectivity index (χ3v) is 2.65. The molecule has 0 aliphatic rings. The van der Waals surface area contributed by atoms with Crippen molar-refractivity contribution in [2.75, 3.05) is 0 Å². The molecule has 0 aliphatic heterocycles. The third-order valence-electron chi connectivity index (χ3n) is 1.50. The van der Waals surface area contributed by atoms with Crippen LogP contribution in [0.2, 0.25) is 5.02 Å². The Morgan fingerprint density at radius 1 is 1.38 bits per heavy atom. The standard InChI is InChI=1S/C7H4ClIN4/c8-5-1-2-6(9)7(3-5)13-4-10-11-12-13/h1-4H. The summed E-state index contributed by atoms with van der Waals surface area (Å²) in [5.74, 6) is 0. The highest BCUT2D eigenvalue weighted by Crippen LogP contribution is 2.20. The monoisotopic (exact) mass is 306 g/mol. The molecule has 0 N–H and O–H groups in total. The molecule has 2 aromatic rings. The summed E-state index contributed by atoms with van der Waals surface area (Å²) in [6.07, 6.45) is 1.54. The van der Waals surface area contributed by atoms with Crippen LogP contribution in [0, 0.1) is 3.57 Å². The Bertz CT molecular complexity index is 414. The zero-order chi connectivity index (χ0) is 9.26. The highest BCUT2D eigenvalue weighted by Gasteiger charge is 2.03. The van der Waals surface area contributed by atoms with Crippen molar-refractivity contribution in [2.45, 2.75) is 0 Å². The van der Waals surface area contributed by atoms with Gasteiger partial charge in [0.05, 0.1) is 5.69 Å². The number of rotatable bonds is 1. The number of benzene rings is 1. The zero-order valence-corrected chi connectivity index (χ0v) is 9.27. The van der Waals surface area contributed by atoms with Crippen molar-refractivity contribution >= 4 is 34.2 Å². The van der Waals surface area contributed by atoms with E-state index in [0.717, 1.165) is 9.26 Å². The van der Waals surface area contributed by atoms with Gasteiger partial charge in [-0.25, -0.2) is 0 Å². The predicted molar refractivity (Wildman–Crippen MR) is 56.9 cm³/mol. The van der Waals surface area contributed by atoms with Crippen LogP contribution in [0.4, 0.5) is 0 Å². The number of halogens is 2. The van der Waals surface area contributed by atoms with Gasteiger partial charge in [0, 0.05) is 8.59 Å². The maximum atomic E-state index is 5.85. The predicted octanol–water partition coefficient (Wildman–Crippen LogP) is 1.92. The first kappa shape index (κ1) is 8.89. The molecule has 6 heteroatoms. The summed E-state index contributed by atoms with van der Waals surface area (Å²) in [5.41, 5.74) is 0.887. The first-order valence-electron chi connectivity index (χ1n) is 3.46. The number of tetrazole rings is 1. The Kier molecular flexibility index (Phi) is 2.45. The van der Waals surface area contributed by atoms with Crippen LogP contribution in [0.1, 0.15) is 0 Å². The molecular weight excluding hydrogens is 302 g/mol. The minimum atomic E-state index is 0.672. The van der Waals surface area contributed by atoms with Crippen LogP contribution in [0.25, 0.3) is 5.69 Å². The van der Waals surface area contributed by atoms with Gasteiger partial charge < -0.3 is 0 Å². The van der Waals surface area contributed by atoms with Gasteiger partial charge in [-0.1, -0.05) is 11.6 Å².